The summed E-state index contributed by atoms with van der Waals surface area (Å²) >= 11 is 0. The Bertz CT molecular complexity index is 3000. The van der Waals surface area contributed by atoms with E-state index in [1.165, 1.54) is 12.5 Å². The van der Waals surface area contributed by atoms with Crippen LogP contribution in [0.25, 0.3) is 0 Å². The largest absolute Gasteiger partial charge is 0.461 e. The highest BCUT2D eigenvalue weighted by molar-refractivity contribution is 5.75. The van der Waals surface area contributed by atoms with Gasteiger partial charge in [0.25, 0.3) is 0 Å². The lowest BCUT2D eigenvalue weighted by Crippen LogP contribution is -2.71. The molecule has 3 saturated carbocycles. The monoisotopic (exact) mass is 1140 g/mol. The first-order valence-corrected chi connectivity index (χ1v) is 31.1. The van der Waals surface area contributed by atoms with Crippen molar-refractivity contribution in [3.8, 4) is 0 Å². The lowest BCUT2D eigenvalue weighted by molar-refractivity contribution is -0.364. The molecule has 0 spiro atoms. The average Bonchev–Trinajstić information content (AvgIpc) is 0.716. The summed E-state index contributed by atoms with van der Waals surface area (Å²) < 4.78 is 63.2. The van der Waals surface area contributed by atoms with E-state index in [1.54, 1.807) is 0 Å². The van der Waals surface area contributed by atoms with Crippen molar-refractivity contribution >= 4 is 11.9 Å². The van der Waals surface area contributed by atoms with Crippen LogP contribution in [-0.4, -0.2) is 74.7 Å². The summed E-state index contributed by atoms with van der Waals surface area (Å²) in [6.07, 6.45) is 2.28. The van der Waals surface area contributed by atoms with Crippen molar-refractivity contribution in [2.45, 2.75) is 170 Å². The fourth-order valence-corrected chi connectivity index (χ4v) is 16.9. The van der Waals surface area contributed by atoms with Gasteiger partial charge in [0.15, 0.2) is 6.29 Å². The van der Waals surface area contributed by atoms with Crippen molar-refractivity contribution in [1.82, 2.24) is 0 Å². The van der Waals surface area contributed by atoms with Crippen LogP contribution >= 0.6 is 0 Å². The van der Waals surface area contributed by atoms with Gasteiger partial charge in [-0.25, -0.2) is 0 Å². The second-order valence-electron chi connectivity index (χ2n) is 26.8. The van der Waals surface area contributed by atoms with E-state index in [9.17, 15) is 4.79 Å². The molecule has 2 heterocycles. The molecule has 2 aliphatic heterocycles. The maximum atomic E-state index is 15.2. The molecule has 0 amide bonds. The van der Waals surface area contributed by atoms with E-state index in [-0.39, 0.29) is 72.9 Å². The third-order valence-electron chi connectivity index (χ3n) is 21.7. The third-order valence-corrected chi connectivity index (χ3v) is 21.7. The molecule has 0 radical (unpaired) electrons. The Balaban J connectivity index is 0.956. The van der Waals surface area contributed by atoms with Gasteiger partial charge in [0.1, 0.15) is 43.2 Å². The van der Waals surface area contributed by atoms with Crippen molar-refractivity contribution in [3.63, 3.8) is 0 Å². The Hall–Kier alpha value is -5.50. The molecule has 2 unspecified atom stereocenters. The average molecular weight is 1140 g/mol. The zero-order chi connectivity index (χ0) is 58.7. The third kappa shape index (κ3) is 11.8. The first-order valence-electron chi connectivity index (χ1n) is 31.1. The predicted octanol–water partition coefficient (Wildman–Crippen LogP) is 14.2. The van der Waals surface area contributed by atoms with Crippen LogP contribution in [0.15, 0.2) is 163 Å². The van der Waals surface area contributed by atoms with E-state index in [1.807, 2.05) is 103 Å². The van der Waals surface area contributed by atoms with Gasteiger partial charge in [-0.05, 0) is 106 Å². The molecule has 5 aromatic carbocycles. The van der Waals surface area contributed by atoms with Crippen molar-refractivity contribution < 1.29 is 52.2 Å². The van der Waals surface area contributed by atoms with Gasteiger partial charge in [-0.15, -0.1) is 0 Å². The Labute approximate surface area is 499 Å². The van der Waals surface area contributed by atoms with Gasteiger partial charge in [-0.1, -0.05) is 212 Å². The molecule has 84 heavy (non-hydrogen) atoms. The van der Waals surface area contributed by atoms with Crippen LogP contribution < -0.4 is 0 Å². The van der Waals surface area contributed by atoms with Gasteiger partial charge in [0, 0.05) is 17.8 Å². The zero-order valence-electron chi connectivity index (χ0n) is 50.8. The van der Waals surface area contributed by atoms with Crippen molar-refractivity contribution in [3.05, 3.63) is 191 Å². The summed E-state index contributed by atoms with van der Waals surface area (Å²) in [5.41, 5.74) is 4.38. The number of fused-ring (bicyclic) bond motifs is 3. The SMILES string of the molecule is CC(=O)O[C@@H]1C[C@@]23COC[C@](C)([C@@H]2CC[C@H]2C3=CC[C@@]3(C)[C@H](C(=O)OCc4ccccc4)[C@@](C)([C@H](C)C(C)C)CC[C@]23C)[C@H]1O[C@@H]1OC(COCc2ccccc2)[C@H](OCc2ccccc2)[C@H](OCc2ccccc2)C1OCc1ccccc1. The maximum Gasteiger partial charge on any atom is 0.310 e. The lowest BCUT2D eigenvalue weighted by atomic mass is 9.34. The summed E-state index contributed by atoms with van der Waals surface area (Å²) in [5, 5.41) is 0. The van der Waals surface area contributed by atoms with Crippen LogP contribution in [0.4, 0.5) is 0 Å². The van der Waals surface area contributed by atoms with Crippen LogP contribution in [0.1, 0.15) is 122 Å². The fraction of sp³-hybridized carbons (Fsp3) is 0.534. The van der Waals surface area contributed by atoms with Crippen LogP contribution in [0, 0.1) is 56.7 Å². The van der Waals surface area contributed by atoms with E-state index in [0.717, 1.165) is 59.9 Å². The second-order valence-corrected chi connectivity index (χ2v) is 26.8. The molecule has 2 saturated heterocycles. The Morgan fingerprint density at radius 1 is 0.607 bits per heavy atom. The number of allylic oxidation sites excluding steroid dienone is 1. The minimum absolute atomic E-state index is 0.0881. The first-order chi connectivity index (χ1) is 40.6. The number of esters is 2. The minimum Gasteiger partial charge on any atom is -0.461 e. The van der Waals surface area contributed by atoms with Crippen LogP contribution in [-0.2, 0) is 85.3 Å². The van der Waals surface area contributed by atoms with Crippen LogP contribution in [0.2, 0.25) is 0 Å². The number of carbonyl (C=O) groups excluding carboxylic acids is 2. The molecule has 6 aliphatic rings. The Morgan fingerprint density at radius 2 is 1.13 bits per heavy atom. The fourth-order valence-electron chi connectivity index (χ4n) is 16.9. The lowest BCUT2D eigenvalue weighted by Gasteiger charge is -2.71. The number of carbonyl (C=O) groups is 2. The number of benzene rings is 5. The molecule has 5 fully saturated rings. The highest BCUT2D eigenvalue weighted by atomic mass is 16.7. The molecular formula is C73H90O11. The molecule has 0 N–H and O–H groups in total. The van der Waals surface area contributed by atoms with Gasteiger partial charge in [0.2, 0.25) is 0 Å². The molecule has 16 atom stereocenters. The summed E-state index contributed by atoms with van der Waals surface area (Å²) in [6, 6.07) is 50.6. The summed E-state index contributed by atoms with van der Waals surface area (Å²) in [4.78, 5) is 28.9. The van der Waals surface area contributed by atoms with Crippen LogP contribution in [0.3, 0.4) is 0 Å². The van der Waals surface area contributed by atoms with Gasteiger partial charge in [-0.3, -0.25) is 9.59 Å². The molecule has 11 heteroatoms. The van der Waals surface area contributed by atoms with E-state index in [4.69, 9.17) is 42.6 Å². The number of rotatable bonds is 21. The summed E-state index contributed by atoms with van der Waals surface area (Å²) in [5.74, 6) is 0.160. The number of hydrogen-bond acceptors (Lipinski definition) is 11. The maximum absolute atomic E-state index is 15.2. The van der Waals surface area contributed by atoms with Crippen molar-refractivity contribution in [2.24, 2.45) is 56.7 Å². The smallest absolute Gasteiger partial charge is 0.310 e. The van der Waals surface area contributed by atoms with E-state index >= 15 is 4.79 Å². The highest BCUT2D eigenvalue weighted by Gasteiger charge is 2.72. The zero-order valence-corrected chi connectivity index (χ0v) is 50.8. The standard InChI is InChI=1S/C73H90O11/c1-49(2)50(3)69(5)38-39-71(7)57-34-35-61-70(6)47-77-48-73(61,58(57)36-37-72(71,8)65(69)67(75)81-45-56-32-22-13-23-33-56)40-59(82-51(4)74)66(70)84-68-64(80-44-55-30-20-12-21-31-55)63(79-43-54-28-18-11-19-29-54)62(78-42-53-26-16-10-17-27-53)60(83-68)46-76-41-52-24-14-9-15-25-52/h9-33,36,49-50,57,59-66,68H,34-35,37-48H2,1-8H3/t50-,57+,59-,60?,61+,62+,63+,64?,65-,66+,68+,69-,70-,71-,72+,73+/m1/s1. The Kier molecular flexibility index (Phi) is 18.2. The molecule has 11 nitrogen and oxygen atoms in total. The van der Waals surface area contributed by atoms with Gasteiger partial charge >= 0.3 is 11.9 Å². The summed E-state index contributed by atoms with van der Waals surface area (Å²) in [6.45, 7) is 20.5. The molecule has 0 aromatic heterocycles. The molecule has 448 valence electrons. The van der Waals surface area contributed by atoms with Crippen LogP contribution in [0.5, 0.6) is 0 Å². The predicted molar refractivity (Wildman–Crippen MR) is 322 cm³/mol. The molecule has 11 rings (SSSR count). The van der Waals surface area contributed by atoms with Gasteiger partial charge in [-0.2, -0.15) is 0 Å². The quantitative estimate of drug-likeness (QED) is 0.0397. The van der Waals surface area contributed by atoms with Gasteiger partial charge < -0.3 is 42.6 Å². The van der Waals surface area contributed by atoms with E-state index < -0.39 is 59.2 Å². The van der Waals surface area contributed by atoms with E-state index in [2.05, 4.69) is 103 Å². The van der Waals surface area contributed by atoms with Crippen molar-refractivity contribution in [1.29, 1.82) is 0 Å². The highest BCUT2D eigenvalue weighted by Crippen LogP contribution is 2.75. The summed E-state index contributed by atoms with van der Waals surface area (Å²) in [7, 11) is 0. The number of hydrogen-bond donors (Lipinski definition) is 0. The molecular weight excluding hydrogens is 1050 g/mol. The minimum atomic E-state index is -1.03. The molecule has 5 aromatic rings. The normalized spacial score (nSPS) is 34.7. The first kappa shape index (κ1) is 60.2. The molecule has 4 aliphatic carbocycles. The topological polar surface area (TPSA) is 117 Å². The Morgan fingerprint density at radius 3 is 1.68 bits per heavy atom. The number of ether oxygens (including phenoxy) is 9. The van der Waals surface area contributed by atoms with Crippen molar-refractivity contribution in [2.75, 3.05) is 19.8 Å². The second kappa shape index (κ2) is 25.4. The van der Waals surface area contributed by atoms with E-state index in [0.29, 0.717) is 38.8 Å². The van der Waals surface area contributed by atoms with Gasteiger partial charge in [0.05, 0.1) is 52.2 Å². The molecule has 2 bridgehead atoms.